The minimum absolute atomic E-state index is 0.257. The standard InChI is InChI=1S/C16H13Cl2NO3/c17-14-7-6-12(8-15(14)18)21-10-13-9-19(16(20)22-13)11-4-2-1-3-5-11/h1-8,13H,9-10H2. The van der Waals surface area contributed by atoms with Gasteiger partial charge >= 0.3 is 6.09 Å². The number of carbonyl (C=O) groups is 1. The summed E-state index contributed by atoms with van der Waals surface area (Å²) < 4.78 is 10.9. The van der Waals surface area contributed by atoms with E-state index in [2.05, 4.69) is 0 Å². The van der Waals surface area contributed by atoms with E-state index < -0.39 is 0 Å². The zero-order valence-electron chi connectivity index (χ0n) is 11.5. The highest BCUT2D eigenvalue weighted by Gasteiger charge is 2.32. The molecule has 0 aromatic heterocycles. The van der Waals surface area contributed by atoms with Crippen molar-refractivity contribution >= 4 is 35.0 Å². The summed E-state index contributed by atoms with van der Waals surface area (Å²) in [6, 6.07) is 14.4. The molecule has 0 N–H and O–H groups in total. The molecule has 1 atom stereocenters. The number of amides is 1. The Labute approximate surface area is 138 Å². The van der Waals surface area contributed by atoms with Gasteiger partial charge in [-0.25, -0.2) is 4.79 Å². The van der Waals surface area contributed by atoms with Gasteiger partial charge in [-0.1, -0.05) is 41.4 Å². The van der Waals surface area contributed by atoms with E-state index in [-0.39, 0.29) is 18.8 Å². The summed E-state index contributed by atoms with van der Waals surface area (Å²) in [6.45, 7) is 0.706. The summed E-state index contributed by atoms with van der Waals surface area (Å²) in [4.78, 5) is 13.5. The second-order valence-corrected chi connectivity index (χ2v) is 5.65. The molecule has 3 rings (SSSR count). The number of hydrogen-bond acceptors (Lipinski definition) is 3. The van der Waals surface area contributed by atoms with Crippen molar-refractivity contribution in [3.05, 3.63) is 58.6 Å². The molecule has 0 radical (unpaired) electrons. The smallest absolute Gasteiger partial charge is 0.414 e. The molecule has 6 heteroatoms. The molecule has 2 aromatic carbocycles. The van der Waals surface area contributed by atoms with Crippen LogP contribution in [0.15, 0.2) is 48.5 Å². The van der Waals surface area contributed by atoms with Gasteiger partial charge in [0, 0.05) is 11.8 Å². The Morgan fingerprint density at radius 2 is 1.91 bits per heavy atom. The van der Waals surface area contributed by atoms with Crippen LogP contribution in [-0.2, 0) is 4.74 Å². The minimum atomic E-state index is -0.367. The number of anilines is 1. The van der Waals surface area contributed by atoms with Crippen LogP contribution in [0.3, 0.4) is 0 Å². The second kappa shape index (κ2) is 6.46. The normalized spacial score (nSPS) is 17.5. The molecular weight excluding hydrogens is 325 g/mol. The molecule has 1 fully saturated rings. The first kappa shape index (κ1) is 15.0. The monoisotopic (exact) mass is 337 g/mol. The van der Waals surface area contributed by atoms with Crippen molar-refractivity contribution in [2.45, 2.75) is 6.10 Å². The average Bonchev–Trinajstić information content (AvgIpc) is 2.90. The molecule has 1 aliphatic rings. The lowest BCUT2D eigenvalue weighted by molar-refractivity contribution is 0.105. The molecule has 1 unspecified atom stereocenters. The maximum absolute atomic E-state index is 11.9. The molecule has 0 saturated carbocycles. The van der Waals surface area contributed by atoms with Crippen molar-refractivity contribution in [2.24, 2.45) is 0 Å². The number of hydrogen-bond donors (Lipinski definition) is 0. The highest BCUT2D eigenvalue weighted by atomic mass is 35.5. The van der Waals surface area contributed by atoms with Gasteiger partial charge in [0.2, 0.25) is 0 Å². The van der Waals surface area contributed by atoms with Gasteiger partial charge in [-0.05, 0) is 24.3 Å². The van der Waals surface area contributed by atoms with Crippen LogP contribution in [0.25, 0.3) is 0 Å². The van der Waals surface area contributed by atoms with Gasteiger partial charge in [-0.3, -0.25) is 4.90 Å². The summed E-state index contributed by atoms with van der Waals surface area (Å²) in [6.07, 6.45) is -0.698. The van der Waals surface area contributed by atoms with E-state index in [4.69, 9.17) is 32.7 Å². The van der Waals surface area contributed by atoms with Crippen molar-refractivity contribution in [2.75, 3.05) is 18.1 Å². The first-order valence-corrected chi connectivity index (χ1v) is 7.50. The van der Waals surface area contributed by atoms with E-state index in [0.717, 1.165) is 5.69 Å². The number of nitrogens with zero attached hydrogens (tertiary/aromatic N) is 1. The first-order valence-electron chi connectivity index (χ1n) is 6.74. The zero-order valence-corrected chi connectivity index (χ0v) is 13.1. The predicted molar refractivity (Wildman–Crippen MR) is 86.0 cm³/mol. The summed E-state index contributed by atoms with van der Waals surface area (Å²) in [5.74, 6) is 0.587. The Kier molecular flexibility index (Phi) is 4.41. The van der Waals surface area contributed by atoms with Gasteiger partial charge in [0.1, 0.15) is 12.4 Å². The lowest BCUT2D eigenvalue weighted by Gasteiger charge is -2.13. The van der Waals surface area contributed by atoms with E-state index in [9.17, 15) is 4.79 Å². The number of benzene rings is 2. The lowest BCUT2D eigenvalue weighted by atomic mass is 10.3. The van der Waals surface area contributed by atoms with Crippen LogP contribution in [-0.4, -0.2) is 25.3 Å². The highest BCUT2D eigenvalue weighted by Crippen LogP contribution is 2.27. The fourth-order valence-corrected chi connectivity index (χ4v) is 2.47. The third-order valence-corrected chi connectivity index (χ3v) is 4.01. The molecule has 1 amide bonds. The summed E-state index contributed by atoms with van der Waals surface area (Å²) in [7, 11) is 0. The van der Waals surface area contributed by atoms with Gasteiger partial charge in [0.05, 0.1) is 16.6 Å². The zero-order chi connectivity index (χ0) is 15.5. The number of rotatable bonds is 4. The molecule has 1 saturated heterocycles. The van der Waals surface area contributed by atoms with E-state index in [0.29, 0.717) is 22.3 Å². The van der Waals surface area contributed by atoms with Crippen LogP contribution in [0.4, 0.5) is 10.5 Å². The van der Waals surface area contributed by atoms with Gasteiger partial charge < -0.3 is 9.47 Å². The molecule has 0 aliphatic carbocycles. The largest absolute Gasteiger partial charge is 0.490 e. The van der Waals surface area contributed by atoms with Crippen molar-refractivity contribution < 1.29 is 14.3 Å². The van der Waals surface area contributed by atoms with Crippen molar-refractivity contribution in [1.29, 1.82) is 0 Å². The number of carbonyl (C=O) groups excluding carboxylic acids is 1. The Bertz CT molecular complexity index is 678. The van der Waals surface area contributed by atoms with Crippen LogP contribution in [0.2, 0.25) is 10.0 Å². The maximum atomic E-state index is 11.9. The van der Waals surface area contributed by atoms with E-state index >= 15 is 0 Å². The highest BCUT2D eigenvalue weighted by molar-refractivity contribution is 6.42. The molecular formula is C16H13Cl2NO3. The quantitative estimate of drug-likeness (QED) is 0.830. The summed E-state index contributed by atoms with van der Waals surface area (Å²) >= 11 is 11.8. The number of cyclic esters (lactones) is 1. The van der Waals surface area contributed by atoms with Crippen LogP contribution >= 0.6 is 23.2 Å². The third kappa shape index (κ3) is 3.29. The fourth-order valence-electron chi connectivity index (χ4n) is 2.18. The molecule has 0 spiro atoms. The number of ether oxygens (including phenoxy) is 2. The van der Waals surface area contributed by atoms with Crippen LogP contribution in [0, 0.1) is 0 Å². The Balaban J connectivity index is 1.60. The predicted octanol–water partition coefficient (Wildman–Crippen LogP) is 4.40. The first-order chi connectivity index (χ1) is 10.6. The Hall–Kier alpha value is -1.91. The van der Waals surface area contributed by atoms with Gasteiger partial charge in [-0.2, -0.15) is 0 Å². The van der Waals surface area contributed by atoms with E-state index in [1.807, 2.05) is 30.3 Å². The van der Waals surface area contributed by atoms with Crippen LogP contribution in [0.1, 0.15) is 0 Å². The molecule has 2 aromatic rings. The topological polar surface area (TPSA) is 38.8 Å². The summed E-state index contributed by atoms with van der Waals surface area (Å²) in [5, 5.41) is 0.894. The minimum Gasteiger partial charge on any atom is -0.490 e. The Morgan fingerprint density at radius 3 is 2.64 bits per heavy atom. The number of para-hydroxylation sites is 1. The molecule has 22 heavy (non-hydrogen) atoms. The molecule has 1 aliphatic heterocycles. The maximum Gasteiger partial charge on any atom is 0.414 e. The van der Waals surface area contributed by atoms with Gasteiger partial charge in [-0.15, -0.1) is 0 Å². The van der Waals surface area contributed by atoms with Crippen molar-refractivity contribution in [3.63, 3.8) is 0 Å². The molecule has 1 heterocycles. The van der Waals surface area contributed by atoms with Gasteiger partial charge in [0.15, 0.2) is 6.10 Å². The fraction of sp³-hybridized carbons (Fsp3) is 0.188. The molecule has 0 bridgehead atoms. The van der Waals surface area contributed by atoms with E-state index in [1.54, 1.807) is 23.1 Å². The SMILES string of the molecule is O=C1OC(COc2ccc(Cl)c(Cl)c2)CN1c1ccccc1. The van der Waals surface area contributed by atoms with Crippen molar-refractivity contribution in [1.82, 2.24) is 0 Å². The second-order valence-electron chi connectivity index (χ2n) is 4.84. The van der Waals surface area contributed by atoms with Crippen LogP contribution < -0.4 is 9.64 Å². The Morgan fingerprint density at radius 1 is 1.14 bits per heavy atom. The van der Waals surface area contributed by atoms with Crippen molar-refractivity contribution in [3.8, 4) is 5.75 Å². The number of halogens is 2. The summed E-state index contributed by atoms with van der Waals surface area (Å²) in [5.41, 5.74) is 0.810. The van der Waals surface area contributed by atoms with E-state index in [1.165, 1.54) is 0 Å². The molecule has 114 valence electrons. The third-order valence-electron chi connectivity index (χ3n) is 3.27. The van der Waals surface area contributed by atoms with Crippen LogP contribution in [0.5, 0.6) is 5.75 Å². The lowest BCUT2D eigenvalue weighted by Crippen LogP contribution is -2.26. The average molecular weight is 338 g/mol. The molecule has 4 nitrogen and oxygen atoms in total. The van der Waals surface area contributed by atoms with Gasteiger partial charge in [0.25, 0.3) is 0 Å².